The van der Waals surface area contributed by atoms with Crippen LogP contribution in [0.4, 0.5) is 24.5 Å². The minimum Gasteiger partial charge on any atom is -0.382 e. The van der Waals surface area contributed by atoms with Crippen LogP contribution in [0.25, 0.3) is 15.9 Å². The minimum absolute atomic E-state index is 0.136. The number of rotatable bonds is 9. The van der Waals surface area contributed by atoms with E-state index in [1.165, 1.54) is 25.9 Å². The molecule has 0 atom stereocenters. The van der Waals surface area contributed by atoms with Crippen LogP contribution in [0.1, 0.15) is 77.9 Å². The summed E-state index contributed by atoms with van der Waals surface area (Å²) in [6.07, 6.45) is 0.182. The van der Waals surface area contributed by atoms with Crippen molar-refractivity contribution in [1.29, 1.82) is 0 Å². The lowest BCUT2D eigenvalue weighted by Gasteiger charge is -2.40. The number of halogens is 4. The zero-order chi connectivity index (χ0) is 51.6. The highest BCUT2D eigenvalue weighted by molar-refractivity contribution is 7.64. The third-order valence-corrected chi connectivity index (χ3v) is 17.6. The second-order valence-corrected chi connectivity index (χ2v) is 23.9. The molecule has 2 amide bonds. The van der Waals surface area contributed by atoms with E-state index < -0.39 is 12.7 Å². The molecule has 7 heterocycles. The van der Waals surface area contributed by atoms with E-state index in [-0.39, 0.29) is 31.2 Å². The number of nitrogens with one attached hydrogen (secondary N) is 2. The van der Waals surface area contributed by atoms with Crippen LogP contribution in [-0.4, -0.2) is 129 Å². The van der Waals surface area contributed by atoms with E-state index in [1.54, 1.807) is 36.5 Å². The lowest BCUT2D eigenvalue weighted by Crippen LogP contribution is -2.49. The molecule has 3 aromatic carbocycles. The Morgan fingerprint density at radius 2 is 1.62 bits per heavy atom. The number of aryl methyl sites for hydroxylation is 2. The van der Waals surface area contributed by atoms with Crippen molar-refractivity contribution in [2.75, 3.05) is 76.3 Å². The molecule has 3 aromatic heterocycles. The molecule has 0 unspecified atom stereocenters. The molecular weight excluding hydrogens is 988 g/mol. The molecule has 10 rings (SSSR count). The average Bonchev–Trinajstić information content (AvgIpc) is 4.10. The smallest absolute Gasteiger partial charge is 0.382 e. The first-order valence-corrected chi connectivity index (χ1v) is 28.4. The molecule has 0 radical (unpaired) electrons. The number of anilines is 2. The number of aromatic nitrogens is 4. The van der Waals surface area contributed by atoms with E-state index >= 15 is 0 Å². The van der Waals surface area contributed by atoms with Gasteiger partial charge in [0.2, 0.25) is 11.8 Å². The van der Waals surface area contributed by atoms with Gasteiger partial charge in [-0.05, 0) is 131 Å². The molecule has 12 nitrogen and oxygen atoms in total. The number of likely N-dealkylation sites (tertiary alicyclic amines) is 3. The molecule has 2 N–H and O–H groups in total. The topological polar surface area (TPSA) is 116 Å². The summed E-state index contributed by atoms with van der Waals surface area (Å²) in [7, 11) is -0.181. The lowest BCUT2D eigenvalue weighted by molar-refractivity contribution is -0.140. The highest BCUT2D eigenvalue weighted by Crippen LogP contribution is 2.41. The van der Waals surface area contributed by atoms with Gasteiger partial charge in [-0.15, -0.1) is 21.5 Å². The minimum atomic E-state index is -4.39. The van der Waals surface area contributed by atoms with Gasteiger partial charge in [-0.2, -0.15) is 13.2 Å². The number of piperidine rings is 2. The highest BCUT2D eigenvalue weighted by Gasteiger charge is 2.42. The third-order valence-electron chi connectivity index (χ3n) is 14.8. The molecule has 4 aliphatic rings. The first-order valence-electron chi connectivity index (χ1n) is 25.0. The maximum Gasteiger partial charge on any atom is 0.406 e. The molecular formula is C55H63ClF3N10O2PS. The molecule has 18 heteroatoms. The number of carbonyl (C=O) groups is 2. The van der Waals surface area contributed by atoms with E-state index in [0.717, 1.165) is 121 Å². The van der Waals surface area contributed by atoms with Crippen LogP contribution in [-0.2, 0) is 22.7 Å². The van der Waals surface area contributed by atoms with E-state index in [9.17, 15) is 22.8 Å². The van der Waals surface area contributed by atoms with E-state index in [0.29, 0.717) is 30.8 Å². The quantitative estimate of drug-likeness (QED) is 0.109. The van der Waals surface area contributed by atoms with Crippen LogP contribution < -0.4 is 15.9 Å². The van der Waals surface area contributed by atoms with Crippen molar-refractivity contribution in [2.45, 2.75) is 85.1 Å². The Bertz CT molecular complexity index is 3060. The van der Waals surface area contributed by atoms with Crippen LogP contribution >= 0.6 is 30.9 Å². The van der Waals surface area contributed by atoms with E-state index in [1.807, 2.05) is 59.2 Å². The molecule has 1 spiro atoms. The first kappa shape index (κ1) is 52.2. The summed E-state index contributed by atoms with van der Waals surface area (Å²) in [6.45, 7) is 17.1. The second-order valence-electron chi connectivity index (χ2n) is 20.0. The van der Waals surface area contributed by atoms with Crippen molar-refractivity contribution in [3.05, 3.63) is 117 Å². The first-order chi connectivity index (χ1) is 34.9. The summed E-state index contributed by atoms with van der Waals surface area (Å²) in [5.74, 6) is 8.10. The van der Waals surface area contributed by atoms with Crippen molar-refractivity contribution < 1.29 is 22.8 Å². The fraction of sp³-hybridized carbons (Fsp3) is 0.436. The number of thiophene rings is 1. The third kappa shape index (κ3) is 12.0. The monoisotopic (exact) mass is 1050 g/mol. The number of hydrogen-bond donors (Lipinski definition) is 2. The number of carbonyl (C=O) groups excluding carboxylic acids is 2. The average molecular weight is 1050 g/mol. The van der Waals surface area contributed by atoms with Crippen LogP contribution in [0, 0.1) is 38.0 Å². The van der Waals surface area contributed by atoms with Crippen LogP contribution in [0.15, 0.2) is 77.8 Å². The van der Waals surface area contributed by atoms with Crippen LogP contribution in [0.3, 0.4) is 0 Å². The summed E-state index contributed by atoms with van der Waals surface area (Å²) < 4.78 is 44.5. The summed E-state index contributed by atoms with van der Waals surface area (Å²) >= 11 is 7.80. The number of benzene rings is 3. The fourth-order valence-electron chi connectivity index (χ4n) is 10.5. The van der Waals surface area contributed by atoms with Crippen molar-refractivity contribution in [3.63, 3.8) is 0 Å². The SMILES string of the molecule is CC(=O)N1CCC2(CCN(C(=O)CN3CCC(Nc4cccc5c4cc(C#CCNc4ccc(P(C)C)cc4)n5CC(F)(F)F)CC3)CC2)C1.Cc1sc2c(c1C)C(c1ccc(Cl)cc1)=NCc1nnc(C)n1-2. The maximum absolute atomic E-state index is 13.7. The number of amides is 2. The zero-order valence-corrected chi connectivity index (χ0v) is 44.8. The molecule has 6 aromatic rings. The van der Waals surface area contributed by atoms with Gasteiger partial charge >= 0.3 is 6.18 Å². The molecule has 0 bridgehead atoms. The van der Waals surface area contributed by atoms with Gasteiger partial charge in [0.25, 0.3) is 0 Å². The Morgan fingerprint density at radius 3 is 2.27 bits per heavy atom. The van der Waals surface area contributed by atoms with Gasteiger partial charge in [0, 0.05) is 90.0 Å². The molecule has 0 aliphatic carbocycles. The van der Waals surface area contributed by atoms with Gasteiger partial charge < -0.3 is 25.0 Å². The summed E-state index contributed by atoms with van der Waals surface area (Å²) in [5.41, 5.74) is 7.22. The Hall–Kier alpha value is -5.72. The predicted octanol–water partition coefficient (Wildman–Crippen LogP) is 10.0. The normalized spacial score (nSPS) is 16.8. The second kappa shape index (κ2) is 22.0. The van der Waals surface area contributed by atoms with Gasteiger partial charge in [0.05, 0.1) is 30.0 Å². The van der Waals surface area contributed by atoms with Gasteiger partial charge in [-0.25, -0.2) is 0 Å². The molecule has 3 fully saturated rings. The fourth-order valence-corrected chi connectivity index (χ4v) is 12.6. The van der Waals surface area contributed by atoms with Gasteiger partial charge in [-0.3, -0.25) is 24.0 Å². The molecule has 4 aliphatic heterocycles. The maximum atomic E-state index is 13.7. The Balaban J connectivity index is 0.000000236. The molecule has 3 saturated heterocycles. The molecule has 384 valence electrons. The predicted molar refractivity (Wildman–Crippen MR) is 291 cm³/mol. The Morgan fingerprint density at radius 1 is 0.918 bits per heavy atom. The van der Waals surface area contributed by atoms with Crippen LogP contribution in [0.2, 0.25) is 5.02 Å². The highest BCUT2D eigenvalue weighted by atomic mass is 35.5. The lowest BCUT2D eigenvalue weighted by atomic mass is 9.78. The molecule has 73 heavy (non-hydrogen) atoms. The van der Waals surface area contributed by atoms with E-state index in [4.69, 9.17) is 16.6 Å². The number of hydrogen-bond acceptors (Lipinski definition) is 9. The number of aliphatic imine (C=N–C) groups is 1. The zero-order valence-electron chi connectivity index (χ0n) is 42.4. The number of nitrogens with zero attached hydrogens (tertiary/aromatic N) is 8. The van der Waals surface area contributed by atoms with Crippen LogP contribution in [0.5, 0.6) is 0 Å². The summed E-state index contributed by atoms with van der Waals surface area (Å²) in [5, 5.41) is 19.3. The Labute approximate surface area is 436 Å². The van der Waals surface area contributed by atoms with Crippen molar-refractivity contribution in [1.82, 2.24) is 34.0 Å². The van der Waals surface area contributed by atoms with Crippen molar-refractivity contribution in [2.24, 2.45) is 10.4 Å². The number of fused-ring (bicyclic) bond motifs is 4. The van der Waals surface area contributed by atoms with Crippen molar-refractivity contribution in [3.8, 4) is 16.8 Å². The standard InChI is InChI=1S/C38H48F3N6O2P.C17H15ClN4S/c1-28(48)46-23-17-37(26-46)15-21-45(22-16-37)36(49)25-44-19-13-30(14-20-44)43-34-7-4-8-35-33(34)24-31(47(35)27-38(39,40)41)6-5-18-42-29-9-11-32(12-10-29)50(2)3;1-9-10(2)23-17-15(9)16(12-4-6-13(18)7-5-12)19-8-14-21-20-11(3)22(14)17/h4,7-12,24,30,42-43H,13-23,25-27H2,1-3H3;4-7H,8H2,1-3H3. The largest absolute Gasteiger partial charge is 0.406 e. The molecule has 0 saturated carbocycles. The summed E-state index contributed by atoms with van der Waals surface area (Å²) in [6, 6.07) is 23.4. The van der Waals surface area contributed by atoms with Gasteiger partial charge in [0.15, 0.2) is 5.82 Å². The Kier molecular flexibility index (Phi) is 15.7. The number of alkyl halides is 3. The van der Waals surface area contributed by atoms with Gasteiger partial charge in [0.1, 0.15) is 23.9 Å². The summed E-state index contributed by atoms with van der Waals surface area (Å²) in [4.78, 5) is 37.3. The van der Waals surface area contributed by atoms with Crippen molar-refractivity contribution >= 4 is 76.0 Å². The van der Waals surface area contributed by atoms with E-state index in [2.05, 4.69) is 81.4 Å². The van der Waals surface area contributed by atoms with Gasteiger partial charge in [-0.1, -0.05) is 55.8 Å².